The molecule has 3 nitrogen and oxygen atoms in total. The molecule has 118 valence electrons. The first-order valence-corrected chi connectivity index (χ1v) is 8.28. The maximum atomic E-state index is 5.68. The highest BCUT2D eigenvalue weighted by Gasteiger charge is 2.30. The summed E-state index contributed by atoms with van der Waals surface area (Å²) in [5.74, 6) is 0.659. The highest BCUT2D eigenvalue weighted by Crippen LogP contribution is 2.27. The lowest BCUT2D eigenvalue weighted by atomic mass is 9.93. The highest BCUT2D eigenvalue weighted by molar-refractivity contribution is 5.19. The molecule has 0 saturated carbocycles. The summed E-state index contributed by atoms with van der Waals surface area (Å²) in [6.07, 6.45) is 2.76. The second kappa shape index (κ2) is 8.52. The molecule has 1 fully saturated rings. The van der Waals surface area contributed by atoms with Gasteiger partial charge in [-0.1, -0.05) is 44.2 Å². The number of piperidine rings is 1. The third kappa shape index (κ3) is 4.53. The molecule has 1 N–H and O–H groups in total. The third-order valence-corrected chi connectivity index (χ3v) is 4.61. The van der Waals surface area contributed by atoms with E-state index in [-0.39, 0.29) is 0 Å². The molecule has 1 aromatic carbocycles. The van der Waals surface area contributed by atoms with Crippen molar-refractivity contribution in [1.82, 2.24) is 10.2 Å². The first-order chi connectivity index (χ1) is 10.3. The molecular weight excluding hydrogens is 260 g/mol. The topological polar surface area (TPSA) is 24.5 Å². The lowest BCUT2D eigenvalue weighted by Gasteiger charge is -2.41. The van der Waals surface area contributed by atoms with Crippen LogP contribution in [0, 0.1) is 5.92 Å². The van der Waals surface area contributed by atoms with Crippen molar-refractivity contribution in [2.75, 3.05) is 33.3 Å². The van der Waals surface area contributed by atoms with E-state index < -0.39 is 0 Å². The predicted molar refractivity (Wildman–Crippen MR) is 88.5 cm³/mol. The predicted octanol–water partition coefficient (Wildman–Crippen LogP) is 3.08. The molecule has 1 heterocycles. The fraction of sp³-hybridized carbons (Fsp3) is 0.667. The Morgan fingerprint density at radius 2 is 2.10 bits per heavy atom. The number of hydrogen-bond donors (Lipinski definition) is 1. The molecular formula is C18H30N2O. The van der Waals surface area contributed by atoms with Crippen molar-refractivity contribution in [3.05, 3.63) is 35.9 Å². The number of nitrogens with zero attached hydrogens (tertiary/aromatic N) is 1. The first-order valence-electron chi connectivity index (χ1n) is 8.28. The lowest BCUT2D eigenvalue weighted by molar-refractivity contribution is -0.0193. The van der Waals surface area contributed by atoms with Gasteiger partial charge in [0.05, 0.1) is 6.10 Å². The van der Waals surface area contributed by atoms with Crippen LogP contribution in [0.25, 0.3) is 0 Å². The van der Waals surface area contributed by atoms with Crippen LogP contribution in [-0.4, -0.2) is 44.3 Å². The Labute approximate surface area is 129 Å². The Balaban J connectivity index is 2.07. The molecule has 3 heteroatoms. The van der Waals surface area contributed by atoms with E-state index in [1.807, 2.05) is 7.11 Å². The van der Waals surface area contributed by atoms with Gasteiger partial charge in [-0.15, -0.1) is 0 Å². The van der Waals surface area contributed by atoms with Crippen LogP contribution in [0.5, 0.6) is 0 Å². The molecule has 1 aliphatic rings. The smallest absolute Gasteiger partial charge is 0.0724 e. The Hall–Kier alpha value is -0.900. The average molecular weight is 290 g/mol. The van der Waals surface area contributed by atoms with E-state index in [4.69, 9.17) is 4.74 Å². The molecule has 0 spiro atoms. The van der Waals surface area contributed by atoms with Crippen molar-refractivity contribution >= 4 is 0 Å². The van der Waals surface area contributed by atoms with Crippen molar-refractivity contribution in [2.24, 2.45) is 5.92 Å². The van der Waals surface area contributed by atoms with Gasteiger partial charge in [-0.25, -0.2) is 0 Å². The van der Waals surface area contributed by atoms with Crippen LogP contribution in [-0.2, 0) is 4.74 Å². The molecule has 1 aromatic rings. The Bertz CT molecular complexity index is 395. The summed E-state index contributed by atoms with van der Waals surface area (Å²) in [6, 6.07) is 11.3. The van der Waals surface area contributed by atoms with Gasteiger partial charge in [0.2, 0.25) is 0 Å². The Morgan fingerprint density at radius 3 is 2.76 bits per heavy atom. The van der Waals surface area contributed by atoms with Crippen LogP contribution >= 0.6 is 0 Å². The molecule has 0 bridgehead atoms. The number of nitrogens with one attached hydrogen (secondary N) is 1. The fourth-order valence-electron chi connectivity index (χ4n) is 3.20. The number of hydrogen-bond acceptors (Lipinski definition) is 3. The van der Waals surface area contributed by atoms with Gasteiger partial charge in [-0.3, -0.25) is 4.90 Å². The van der Waals surface area contributed by atoms with Crippen molar-refractivity contribution < 1.29 is 4.74 Å². The van der Waals surface area contributed by atoms with Gasteiger partial charge in [0.15, 0.2) is 0 Å². The largest absolute Gasteiger partial charge is 0.380 e. The molecule has 0 amide bonds. The minimum Gasteiger partial charge on any atom is -0.380 e. The summed E-state index contributed by atoms with van der Waals surface area (Å²) < 4.78 is 5.68. The summed E-state index contributed by atoms with van der Waals surface area (Å²) in [5.41, 5.74) is 1.41. The Morgan fingerprint density at radius 1 is 1.33 bits per heavy atom. The quantitative estimate of drug-likeness (QED) is 0.781. The first kappa shape index (κ1) is 16.5. The van der Waals surface area contributed by atoms with Crippen molar-refractivity contribution in [1.29, 1.82) is 0 Å². The van der Waals surface area contributed by atoms with Crippen LogP contribution in [0.1, 0.15) is 38.3 Å². The SMILES string of the molecule is CCCNCC(c1ccccc1)N1CCC(C)C(OC)C1. The van der Waals surface area contributed by atoms with Crippen LogP contribution < -0.4 is 5.32 Å². The van der Waals surface area contributed by atoms with Crippen LogP contribution in [0.4, 0.5) is 0 Å². The van der Waals surface area contributed by atoms with E-state index in [0.29, 0.717) is 18.1 Å². The molecule has 0 aromatic heterocycles. The number of methoxy groups -OCH3 is 1. The molecule has 3 atom stereocenters. The summed E-state index contributed by atoms with van der Waals surface area (Å²) in [6.45, 7) is 8.82. The summed E-state index contributed by atoms with van der Waals surface area (Å²) in [5, 5.41) is 3.59. The lowest BCUT2D eigenvalue weighted by Crippen LogP contribution is -2.47. The number of ether oxygens (including phenoxy) is 1. The van der Waals surface area contributed by atoms with Crippen LogP contribution in [0.3, 0.4) is 0 Å². The van der Waals surface area contributed by atoms with Gasteiger partial charge in [0.25, 0.3) is 0 Å². The van der Waals surface area contributed by atoms with Crippen molar-refractivity contribution in [3.8, 4) is 0 Å². The zero-order valence-corrected chi connectivity index (χ0v) is 13.7. The minimum atomic E-state index is 0.358. The molecule has 1 aliphatic heterocycles. The van der Waals surface area contributed by atoms with Gasteiger partial charge in [0.1, 0.15) is 0 Å². The van der Waals surface area contributed by atoms with Crippen molar-refractivity contribution in [2.45, 2.75) is 38.8 Å². The zero-order chi connectivity index (χ0) is 15.1. The molecule has 2 rings (SSSR count). The van der Waals surface area contributed by atoms with E-state index in [1.54, 1.807) is 0 Å². The van der Waals surface area contributed by atoms with Gasteiger partial charge in [-0.05, 0) is 37.4 Å². The molecule has 3 unspecified atom stereocenters. The maximum absolute atomic E-state index is 5.68. The van der Waals surface area contributed by atoms with E-state index in [1.165, 1.54) is 18.4 Å². The van der Waals surface area contributed by atoms with Gasteiger partial charge in [-0.2, -0.15) is 0 Å². The highest BCUT2D eigenvalue weighted by atomic mass is 16.5. The van der Waals surface area contributed by atoms with Gasteiger partial charge in [0, 0.05) is 26.2 Å². The number of rotatable bonds is 7. The molecule has 21 heavy (non-hydrogen) atoms. The summed E-state index contributed by atoms with van der Waals surface area (Å²) in [4.78, 5) is 2.59. The standard InChI is InChI=1S/C18H30N2O/c1-4-11-19-13-17(16-8-6-5-7-9-16)20-12-10-15(2)18(14-20)21-3/h5-9,15,17-19H,4,10-14H2,1-3H3. The monoisotopic (exact) mass is 290 g/mol. The van der Waals surface area contributed by atoms with E-state index in [9.17, 15) is 0 Å². The minimum absolute atomic E-state index is 0.358. The Kier molecular flexibility index (Phi) is 6.68. The number of benzene rings is 1. The average Bonchev–Trinajstić information content (AvgIpc) is 2.53. The molecule has 1 saturated heterocycles. The van der Waals surface area contributed by atoms with Crippen molar-refractivity contribution in [3.63, 3.8) is 0 Å². The fourth-order valence-corrected chi connectivity index (χ4v) is 3.20. The number of likely N-dealkylation sites (tertiary alicyclic amines) is 1. The summed E-state index contributed by atoms with van der Waals surface area (Å²) in [7, 11) is 1.84. The van der Waals surface area contributed by atoms with E-state index in [2.05, 4.69) is 54.4 Å². The normalized spacial score (nSPS) is 24.9. The van der Waals surface area contributed by atoms with Gasteiger partial charge >= 0.3 is 0 Å². The van der Waals surface area contributed by atoms with Gasteiger partial charge < -0.3 is 10.1 Å². The molecule has 0 radical (unpaired) electrons. The maximum Gasteiger partial charge on any atom is 0.0724 e. The van der Waals surface area contributed by atoms with E-state index >= 15 is 0 Å². The third-order valence-electron chi connectivity index (χ3n) is 4.61. The zero-order valence-electron chi connectivity index (χ0n) is 13.7. The van der Waals surface area contributed by atoms with Crippen LogP contribution in [0.2, 0.25) is 0 Å². The second-order valence-electron chi connectivity index (χ2n) is 6.17. The molecule has 0 aliphatic carbocycles. The van der Waals surface area contributed by atoms with Crippen LogP contribution in [0.15, 0.2) is 30.3 Å². The summed E-state index contributed by atoms with van der Waals surface area (Å²) >= 11 is 0. The van der Waals surface area contributed by atoms with E-state index in [0.717, 1.165) is 26.2 Å². The second-order valence-corrected chi connectivity index (χ2v) is 6.17.